The Kier molecular flexibility index (Phi) is 7.72. The summed E-state index contributed by atoms with van der Waals surface area (Å²) in [6, 6.07) is 5.83. The molecule has 30 heavy (non-hydrogen) atoms. The van der Waals surface area contributed by atoms with Crippen molar-refractivity contribution in [3.8, 4) is 0 Å². The summed E-state index contributed by atoms with van der Waals surface area (Å²) in [5, 5.41) is 1.23. The van der Waals surface area contributed by atoms with E-state index in [-0.39, 0.29) is 0 Å². The molecule has 0 unspecified atom stereocenters. The first kappa shape index (κ1) is 21.7. The molecule has 0 bridgehead atoms. The molecule has 3 aliphatic rings. The lowest BCUT2D eigenvalue weighted by atomic mass is 10.0. The molecule has 1 fully saturated rings. The van der Waals surface area contributed by atoms with Gasteiger partial charge in [0, 0.05) is 31.1 Å². The van der Waals surface area contributed by atoms with Gasteiger partial charge in [-0.3, -0.25) is 4.90 Å². The fourth-order valence-corrected chi connectivity index (χ4v) is 4.87. The van der Waals surface area contributed by atoms with E-state index in [4.69, 9.17) is 32.7 Å². The lowest BCUT2D eigenvalue weighted by molar-refractivity contribution is 0.0848. The first-order valence-corrected chi connectivity index (χ1v) is 12.1. The zero-order valence-electron chi connectivity index (χ0n) is 16.9. The summed E-state index contributed by atoms with van der Waals surface area (Å²) >= 11 is 13.9. The van der Waals surface area contributed by atoms with Crippen molar-refractivity contribution in [2.24, 2.45) is 0 Å². The topological polar surface area (TPSA) is 24.9 Å². The largest absolute Gasteiger partial charge is 0.456 e. The first-order valence-electron chi connectivity index (χ1n) is 10.3. The van der Waals surface area contributed by atoms with Crippen LogP contribution in [0.1, 0.15) is 19.3 Å². The van der Waals surface area contributed by atoms with Crippen molar-refractivity contribution >= 4 is 35.0 Å². The third kappa shape index (κ3) is 5.79. The van der Waals surface area contributed by atoms with Gasteiger partial charge in [-0.05, 0) is 55.3 Å². The van der Waals surface area contributed by atoms with Crippen LogP contribution in [0.15, 0.2) is 71.1 Å². The molecule has 0 aromatic heterocycles. The summed E-state index contributed by atoms with van der Waals surface area (Å²) in [5.74, 6) is 2.69. The Morgan fingerprint density at radius 2 is 1.87 bits per heavy atom. The average Bonchev–Trinajstić information content (AvgIpc) is 2.80. The quantitative estimate of drug-likeness (QED) is 0.360. The van der Waals surface area contributed by atoms with E-state index in [1.807, 2.05) is 30.0 Å². The van der Waals surface area contributed by atoms with E-state index in [2.05, 4.69) is 28.0 Å². The van der Waals surface area contributed by atoms with Crippen LogP contribution in [0.3, 0.4) is 0 Å². The van der Waals surface area contributed by atoms with E-state index in [1.165, 1.54) is 10.5 Å². The smallest absolute Gasteiger partial charge is 0.231 e. The fraction of sp³-hybridized carbons (Fsp3) is 0.391. The van der Waals surface area contributed by atoms with Gasteiger partial charge in [0.25, 0.3) is 0 Å². The highest BCUT2D eigenvalue weighted by atomic mass is 35.5. The number of hydrogen-bond donors (Lipinski definition) is 0. The molecular formula is C23H26Cl2N2O2S. The monoisotopic (exact) mass is 464 g/mol. The molecule has 1 aliphatic carbocycles. The Balaban J connectivity index is 1.15. The third-order valence-electron chi connectivity index (χ3n) is 5.37. The van der Waals surface area contributed by atoms with Gasteiger partial charge in [0.2, 0.25) is 5.88 Å². The minimum absolute atomic E-state index is 0.608. The van der Waals surface area contributed by atoms with Crippen LogP contribution in [0.25, 0.3) is 0 Å². The number of ether oxygens (including phenoxy) is 2. The summed E-state index contributed by atoms with van der Waals surface area (Å²) in [6.07, 6.45) is 13.0. The summed E-state index contributed by atoms with van der Waals surface area (Å²) < 4.78 is 11.7. The number of nitrogens with zero attached hydrogens (tertiary/aromatic N) is 2. The van der Waals surface area contributed by atoms with Crippen molar-refractivity contribution in [3.05, 3.63) is 76.2 Å². The highest BCUT2D eigenvalue weighted by Gasteiger charge is 2.22. The van der Waals surface area contributed by atoms with Gasteiger partial charge in [-0.25, -0.2) is 0 Å². The molecule has 7 heteroatoms. The van der Waals surface area contributed by atoms with Crippen molar-refractivity contribution in [1.82, 2.24) is 9.80 Å². The van der Waals surface area contributed by atoms with Crippen molar-refractivity contribution < 1.29 is 9.47 Å². The molecule has 2 aliphatic heterocycles. The molecule has 0 saturated carbocycles. The second-order valence-corrected chi connectivity index (χ2v) is 9.42. The van der Waals surface area contributed by atoms with Gasteiger partial charge in [0.1, 0.15) is 6.26 Å². The van der Waals surface area contributed by atoms with Crippen molar-refractivity contribution in [2.45, 2.75) is 24.2 Å². The average molecular weight is 465 g/mol. The van der Waals surface area contributed by atoms with Crippen LogP contribution >= 0.6 is 35.0 Å². The number of hydrogen-bond acceptors (Lipinski definition) is 5. The number of halogens is 2. The van der Waals surface area contributed by atoms with Crippen LogP contribution in [-0.4, -0.2) is 48.3 Å². The Bertz CT molecular complexity index is 874. The maximum absolute atomic E-state index is 6.08. The van der Waals surface area contributed by atoms with E-state index in [0.29, 0.717) is 10.0 Å². The fourth-order valence-electron chi connectivity index (χ4n) is 3.63. The summed E-state index contributed by atoms with van der Waals surface area (Å²) in [4.78, 5) is 5.93. The molecular weight excluding hydrogens is 439 g/mol. The first-order chi connectivity index (χ1) is 14.7. The maximum atomic E-state index is 6.08. The molecule has 0 spiro atoms. The zero-order chi connectivity index (χ0) is 20.8. The Morgan fingerprint density at radius 1 is 1.00 bits per heavy atom. The highest BCUT2D eigenvalue weighted by molar-refractivity contribution is 7.99. The normalized spacial score (nSPS) is 19.5. The van der Waals surface area contributed by atoms with Crippen LogP contribution in [0, 0.1) is 0 Å². The van der Waals surface area contributed by atoms with Crippen LogP contribution in [-0.2, 0) is 9.47 Å². The summed E-state index contributed by atoms with van der Waals surface area (Å²) in [7, 11) is 0. The van der Waals surface area contributed by atoms with E-state index in [1.54, 1.807) is 12.5 Å². The second kappa shape index (κ2) is 10.7. The van der Waals surface area contributed by atoms with Crippen molar-refractivity contribution in [2.75, 3.05) is 38.5 Å². The lowest BCUT2D eigenvalue weighted by Gasteiger charge is -2.36. The second-order valence-electron chi connectivity index (χ2n) is 7.44. The van der Waals surface area contributed by atoms with Gasteiger partial charge in [-0.15, -0.1) is 11.8 Å². The molecule has 0 N–H and O–H groups in total. The molecule has 1 aromatic rings. The minimum atomic E-state index is 0.608. The summed E-state index contributed by atoms with van der Waals surface area (Å²) in [5.41, 5.74) is 1.19. The molecule has 4 rings (SSSR count). The maximum Gasteiger partial charge on any atom is 0.231 e. The number of piperazine rings is 1. The van der Waals surface area contributed by atoms with Gasteiger partial charge in [0.05, 0.1) is 10.0 Å². The highest BCUT2D eigenvalue weighted by Crippen LogP contribution is 2.29. The van der Waals surface area contributed by atoms with Gasteiger partial charge >= 0.3 is 0 Å². The Labute approximate surface area is 192 Å². The van der Waals surface area contributed by atoms with E-state index >= 15 is 0 Å². The molecule has 0 radical (unpaired) electrons. The predicted octanol–water partition coefficient (Wildman–Crippen LogP) is 6.06. The summed E-state index contributed by atoms with van der Waals surface area (Å²) in [6.45, 7) is 5.06. The molecule has 1 saturated heterocycles. The molecule has 2 heterocycles. The van der Waals surface area contributed by atoms with Crippen molar-refractivity contribution in [1.29, 1.82) is 0 Å². The zero-order valence-corrected chi connectivity index (χ0v) is 19.2. The van der Waals surface area contributed by atoms with Crippen molar-refractivity contribution in [3.63, 3.8) is 0 Å². The molecule has 0 amide bonds. The number of thioether (sulfide) groups is 1. The number of allylic oxidation sites excluding steroid dienone is 4. The van der Waals surface area contributed by atoms with E-state index in [9.17, 15) is 0 Å². The Morgan fingerprint density at radius 3 is 2.57 bits per heavy atom. The van der Waals surface area contributed by atoms with Crippen LogP contribution < -0.4 is 0 Å². The van der Waals surface area contributed by atoms with Gasteiger partial charge in [-0.2, -0.15) is 0 Å². The standard InChI is InChI=1S/C23H26Cl2N2O2S/c24-20-8-7-19(15-21(20)25)30-14-4-9-26-10-12-27(13-11-26)23-17-28-22(16-29-23)18-5-2-1-3-6-18/h1-2,5,7-8,15-17H,3-4,6,9-14H2. The van der Waals surface area contributed by atoms with Crippen LogP contribution in [0.5, 0.6) is 0 Å². The Hall–Kier alpha value is -1.53. The minimum Gasteiger partial charge on any atom is -0.456 e. The molecule has 160 valence electrons. The number of rotatable bonds is 7. The van der Waals surface area contributed by atoms with Gasteiger partial charge < -0.3 is 14.4 Å². The van der Waals surface area contributed by atoms with E-state index in [0.717, 1.165) is 69.4 Å². The molecule has 4 nitrogen and oxygen atoms in total. The van der Waals surface area contributed by atoms with Crippen LogP contribution in [0.2, 0.25) is 10.0 Å². The number of benzene rings is 1. The molecule has 1 aromatic carbocycles. The van der Waals surface area contributed by atoms with Gasteiger partial charge in [-0.1, -0.05) is 41.4 Å². The predicted molar refractivity (Wildman–Crippen MR) is 125 cm³/mol. The molecule has 0 atom stereocenters. The third-order valence-corrected chi connectivity index (χ3v) is 7.19. The lowest BCUT2D eigenvalue weighted by Crippen LogP contribution is -2.46. The van der Waals surface area contributed by atoms with E-state index < -0.39 is 0 Å². The van der Waals surface area contributed by atoms with Crippen LogP contribution in [0.4, 0.5) is 0 Å². The van der Waals surface area contributed by atoms with Gasteiger partial charge in [0.15, 0.2) is 12.0 Å². The SMILES string of the molecule is Clc1ccc(SCCCN2CCN(C3=COC(C4=CC=CCC4)=CO3)CC2)cc1Cl.